The predicted molar refractivity (Wildman–Crippen MR) is 156 cm³/mol. The normalized spacial score (nSPS) is 12.3. The lowest BCUT2D eigenvalue weighted by Gasteiger charge is -2.17. The van der Waals surface area contributed by atoms with Gasteiger partial charge in [-0.2, -0.15) is 5.10 Å². The highest BCUT2D eigenvalue weighted by Crippen LogP contribution is 2.37. The van der Waals surface area contributed by atoms with Crippen LogP contribution in [-0.4, -0.2) is 24.9 Å². The Hall–Kier alpha value is -5.57. The van der Waals surface area contributed by atoms with Gasteiger partial charge in [0.15, 0.2) is 5.65 Å². The maximum Gasteiger partial charge on any atom is 0.200 e. The molecule has 7 rings (SSSR count). The predicted octanol–water partition coefficient (Wildman–Crippen LogP) is 6.46. The number of nitrogen functional groups attached to an aromatic ring is 1. The van der Waals surface area contributed by atoms with Crippen molar-refractivity contribution in [1.82, 2.24) is 19.7 Å². The molecule has 0 saturated carbocycles. The molecule has 200 valence electrons. The van der Waals surface area contributed by atoms with E-state index in [9.17, 15) is 14.3 Å². The molecule has 8 nitrogen and oxygen atoms in total. The second-order valence-corrected chi connectivity index (χ2v) is 9.85. The van der Waals surface area contributed by atoms with Crippen LogP contribution < -0.4 is 11.2 Å². The number of nitrogens with zero attached hydrogens (tertiary/aromatic N) is 4. The van der Waals surface area contributed by atoms with E-state index in [1.165, 1.54) is 18.5 Å². The molecule has 3 aromatic heterocycles. The Morgan fingerprint density at radius 2 is 1.73 bits per heavy atom. The zero-order valence-corrected chi connectivity index (χ0v) is 21.7. The van der Waals surface area contributed by atoms with Gasteiger partial charge in [0.05, 0.1) is 16.3 Å². The molecule has 41 heavy (non-hydrogen) atoms. The van der Waals surface area contributed by atoms with Gasteiger partial charge in [-0.3, -0.25) is 4.79 Å². The van der Waals surface area contributed by atoms with Gasteiger partial charge in [0, 0.05) is 5.56 Å². The number of fused-ring (bicyclic) bond motifs is 3. The van der Waals surface area contributed by atoms with E-state index in [1.807, 2.05) is 31.2 Å². The van der Waals surface area contributed by atoms with Gasteiger partial charge >= 0.3 is 0 Å². The quantitative estimate of drug-likeness (QED) is 0.262. The minimum atomic E-state index is -0.645. The van der Waals surface area contributed by atoms with Gasteiger partial charge < -0.3 is 15.3 Å². The summed E-state index contributed by atoms with van der Waals surface area (Å²) in [5.41, 5.74) is 8.91. The third-order valence-electron chi connectivity index (χ3n) is 7.30. The summed E-state index contributed by atoms with van der Waals surface area (Å²) in [7, 11) is 0. The van der Waals surface area contributed by atoms with Crippen molar-refractivity contribution >= 4 is 38.6 Å². The van der Waals surface area contributed by atoms with Crippen molar-refractivity contribution in [3.63, 3.8) is 0 Å². The first-order valence-corrected chi connectivity index (χ1v) is 12.9. The molecule has 3 N–H and O–H groups in total. The number of hydrogen-bond acceptors (Lipinski definition) is 7. The van der Waals surface area contributed by atoms with Crippen molar-refractivity contribution in [2.24, 2.45) is 0 Å². The van der Waals surface area contributed by atoms with Crippen LogP contribution in [0.1, 0.15) is 18.7 Å². The van der Waals surface area contributed by atoms with Crippen LogP contribution in [0.5, 0.6) is 5.75 Å². The monoisotopic (exact) mass is 543 g/mol. The molecule has 0 bridgehead atoms. The second-order valence-electron chi connectivity index (χ2n) is 9.85. The van der Waals surface area contributed by atoms with Crippen molar-refractivity contribution in [1.29, 1.82) is 0 Å². The van der Waals surface area contributed by atoms with E-state index in [4.69, 9.17) is 15.2 Å². The zero-order valence-electron chi connectivity index (χ0n) is 21.7. The van der Waals surface area contributed by atoms with Gasteiger partial charge in [0.2, 0.25) is 5.43 Å². The fourth-order valence-electron chi connectivity index (χ4n) is 5.33. The van der Waals surface area contributed by atoms with E-state index in [0.717, 1.165) is 16.3 Å². The summed E-state index contributed by atoms with van der Waals surface area (Å²) >= 11 is 0. The Bertz CT molecular complexity index is 2200. The summed E-state index contributed by atoms with van der Waals surface area (Å²) in [5, 5.41) is 17.5. The number of benzene rings is 4. The van der Waals surface area contributed by atoms with Crippen molar-refractivity contribution < 1.29 is 13.9 Å². The molecule has 4 aromatic carbocycles. The van der Waals surface area contributed by atoms with E-state index in [-0.39, 0.29) is 22.6 Å². The lowest BCUT2D eigenvalue weighted by molar-refractivity contribution is 0.446. The highest BCUT2D eigenvalue weighted by Gasteiger charge is 2.27. The van der Waals surface area contributed by atoms with Crippen LogP contribution in [0, 0.1) is 5.82 Å². The van der Waals surface area contributed by atoms with Crippen molar-refractivity contribution in [2.75, 3.05) is 5.73 Å². The molecule has 0 spiro atoms. The van der Waals surface area contributed by atoms with Crippen molar-refractivity contribution in [2.45, 2.75) is 13.0 Å². The number of phenols is 1. The summed E-state index contributed by atoms with van der Waals surface area (Å²) in [5.74, 6) is 0.268. The van der Waals surface area contributed by atoms with Crippen molar-refractivity contribution in [3.8, 4) is 28.1 Å². The smallest absolute Gasteiger partial charge is 0.200 e. The molecule has 1 atom stereocenters. The van der Waals surface area contributed by atoms with E-state index in [0.29, 0.717) is 39.0 Å². The molecule has 1 unspecified atom stereocenters. The Balaban J connectivity index is 1.48. The van der Waals surface area contributed by atoms with Gasteiger partial charge in [0.25, 0.3) is 0 Å². The first-order chi connectivity index (χ1) is 19.9. The third kappa shape index (κ3) is 3.98. The van der Waals surface area contributed by atoms with Gasteiger partial charge in [-0.15, -0.1) is 0 Å². The molecular formula is C32H22FN5O3. The molecule has 0 saturated heterocycles. The van der Waals surface area contributed by atoms with E-state index >= 15 is 0 Å². The van der Waals surface area contributed by atoms with Crippen LogP contribution in [0.25, 0.3) is 55.2 Å². The molecule has 3 heterocycles. The number of aromatic hydroxyl groups is 1. The molecular weight excluding hydrogens is 521 g/mol. The molecule has 0 radical (unpaired) electrons. The van der Waals surface area contributed by atoms with Crippen LogP contribution in [0.3, 0.4) is 0 Å². The number of phenolic OH excluding ortho intramolecular Hbond substituents is 1. The first kappa shape index (κ1) is 24.5. The fraction of sp³-hybridized carbons (Fsp3) is 0.0625. The number of hydrogen-bond donors (Lipinski definition) is 2. The fourth-order valence-corrected chi connectivity index (χ4v) is 5.33. The van der Waals surface area contributed by atoms with E-state index < -0.39 is 11.9 Å². The van der Waals surface area contributed by atoms with Crippen LogP contribution in [0.15, 0.2) is 100 Å². The highest BCUT2D eigenvalue weighted by atomic mass is 19.1. The topological polar surface area (TPSA) is 120 Å². The summed E-state index contributed by atoms with van der Waals surface area (Å²) in [6, 6.07) is 23.1. The van der Waals surface area contributed by atoms with Gasteiger partial charge in [-0.1, -0.05) is 42.5 Å². The second kappa shape index (κ2) is 9.27. The van der Waals surface area contributed by atoms with Crippen LogP contribution in [0.4, 0.5) is 10.2 Å². The largest absolute Gasteiger partial charge is 0.508 e. The minimum absolute atomic E-state index is 0.178. The van der Waals surface area contributed by atoms with E-state index in [2.05, 4.69) is 9.97 Å². The summed E-state index contributed by atoms with van der Waals surface area (Å²) in [4.78, 5) is 22.5. The van der Waals surface area contributed by atoms with Crippen LogP contribution in [-0.2, 0) is 0 Å². The lowest BCUT2D eigenvalue weighted by atomic mass is 9.99. The van der Waals surface area contributed by atoms with Gasteiger partial charge in [-0.05, 0) is 65.7 Å². The van der Waals surface area contributed by atoms with Gasteiger partial charge in [-0.25, -0.2) is 19.0 Å². The molecule has 0 aliphatic heterocycles. The molecule has 7 aromatic rings. The van der Waals surface area contributed by atoms with Crippen LogP contribution in [0.2, 0.25) is 0 Å². The number of halogens is 1. The zero-order chi connectivity index (χ0) is 28.2. The molecule has 0 aliphatic rings. The van der Waals surface area contributed by atoms with Crippen LogP contribution >= 0.6 is 0 Å². The van der Waals surface area contributed by atoms with Gasteiger partial charge in [0.1, 0.15) is 46.8 Å². The highest BCUT2D eigenvalue weighted by molar-refractivity contribution is 6.00. The third-order valence-corrected chi connectivity index (χ3v) is 7.30. The number of rotatable bonds is 4. The lowest BCUT2D eigenvalue weighted by Crippen LogP contribution is -2.16. The summed E-state index contributed by atoms with van der Waals surface area (Å²) in [6.07, 6.45) is 1.36. The number of anilines is 1. The van der Waals surface area contributed by atoms with E-state index in [1.54, 1.807) is 53.2 Å². The summed E-state index contributed by atoms with van der Waals surface area (Å²) < 4.78 is 22.4. The average Bonchev–Trinajstić information content (AvgIpc) is 3.37. The SMILES string of the molecule is CC(c1oc2ccccc2c(=O)c1-c1cccc(F)c1)n1nc(-c2ccc3cc(O)ccc3c2)c2c(N)ncnc21. The first-order valence-electron chi connectivity index (χ1n) is 12.9. The maximum absolute atomic E-state index is 14.3. The Morgan fingerprint density at radius 1 is 0.927 bits per heavy atom. The molecule has 0 amide bonds. The van der Waals surface area contributed by atoms with Crippen molar-refractivity contribution in [3.05, 3.63) is 113 Å². The molecule has 9 heteroatoms. The molecule has 0 aliphatic carbocycles. The minimum Gasteiger partial charge on any atom is -0.508 e. The standard InChI is InChI=1S/C32H22FN5O3/c1-17(30-26(20-5-4-6-22(33)14-20)29(40)24-7-2-3-8-25(24)41-30)38-32-27(31(34)35-16-36-32)28(37-38)21-10-9-19-15-23(39)12-11-18(19)13-21/h2-17,39H,1H3,(H2,34,35,36). The average molecular weight is 544 g/mol. The maximum atomic E-state index is 14.3. The Labute approximate surface area is 232 Å². The molecule has 0 fully saturated rings. The summed E-state index contributed by atoms with van der Waals surface area (Å²) in [6.45, 7) is 1.84. The number of nitrogens with two attached hydrogens (primary N) is 1. The number of para-hydroxylation sites is 1. The number of aromatic nitrogens is 4. The Kier molecular flexibility index (Phi) is 5.53. The Morgan fingerprint density at radius 3 is 2.59 bits per heavy atom.